The van der Waals surface area contributed by atoms with Gasteiger partial charge in [0.2, 0.25) is 5.91 Å². The first kappa shape index (κ1) is 22.3. The molecule has 1 aliphatic rings. The number of carbonyl (C=O) groups excluding carboxylic acids is 1. The third-order valence-electron chi connectivity index (χ3n) is 5.47. The van der Waals surface area contributed by atoms with Gasteiger partial charge in [-0.05, 0) is 18.6 Å². The second-order valence-electron chi connectivity index (χ2n) is 7.88. The summed E-state index contributed by atoms with van der Waals surface area (Å²) in [4.78, 5) is 27.5. The highest BCUT2D eigenvalue weighted by molar-refractivity contribution is 6.09. The Hall–Kier alpha value is -3.85. The molecule has 1 unspecified atom stereocenters. The second-order valence-corrected chi connectivity index (χ2v) is 7.88. The molecule has 9 nitrogen and oxygen atoms in total. The minimum Gasteiger partial charge on any atom is -0.404 e. The average molecular weight is 446 g/mol. The number of allylic oxidation sites excluding steroid dienone is 1. The highest BCUT2D eigenvalue weighted by Gasteiger charge is 2.22. The van der Waals surface area contributed by atoms with Crippen molar-refractivity contribution in [1.82, 2.24) is 24.6 Å². The zero-order chi connectivity index (χ0) is 23.2. The molecule has 1 fully saturated rings. The maximum Gasteiger partial charge on any atom is 0.244 e. The summed E-state index contributed by atoms with van der Waals surface area (Å²) in [5.41, 5.74) is 10.1. The topological polar surface area (TPSA) is 112 Å². The Morgan fingerprint density at radius 2 is 2.03 bits per heavy atom. The molecule has 1 aliphatic heterocycles. The van der Waals surface area contributed by atoms with Crippen molar-refractivity contribution >= 4 is 17.7 Å². The zero-order valence-electron chi connectivity index (χ0n) is 18.8. The predicted molar refractivity (Wildman–Crippen MR) is 127 cm³/mol. The SMILES string of the molecule is CC1COCCN1C(=O)CN=CC(=CN)c1cnc(-c2cccc(-c3cnn(C)c3)c2)nc1. The van der Waals surface area contributed by atoms with Gasteiger partial charge in [-0.1, -0.05) is 18.2 Å². The monoisotopic (exact) mass is 445 g/mol. The van der Waals surface area contributed by atoms with Crippen molar-refractivity contribution in [1.29, 1.82) is 0 Å². The Balaban J connectivity index is 1.43. The van der Waals surface area contributed by atoms with E-state index in [1.807, 2.05) is 50.6 Å². The van der Waals surface area contributed by atoms with E-state index in [-0.39, 0.29) is 18.5 Å². The summed E-state index contributed by atoms with van der Waals surface area (Å²) < 4.78 is 7.14. The lowest BCUT2D eigenvalue weighted by Gasteiger charge is -2.32. The number of benzene rings is 1. The number of amides is 1. The normalized spacial score (nSPS) is 17.0. The summed E-state index contributed by atoms with van der Waals surface area (Å²) in [6, 6.07) is 8.06. The number of ether oxygens (including phenoxy) is 1. The van der Waals surface area contributed by atoms with Crippen LogP contribution in [0.15, 0.2) is 60.2 Å². The minimum atomic E-state index is -0.0292. The van der Waals surface area contributed by atoms with Crippen LogP contribution in [-0.2, 0) is 16.6 Å². The Morgan fingerprint density at radius 1 is 1.24 bits per heavy atom. The minimum absolute atomic E-state index is 0.0292. The first-order valence-corrected chi connectivity index (χ1v) is 10.8. The van der Waals surface area contributed by atoms with Gasteiger partial charge >= 0.3 is 0 Å². The number of hydrogen-bond donors (Lipinski definition) is 1. The molecule has 1 atom stereocenters. The van der Waals surface area contributed by atoms with Gasteiger partial charge in [0.1, 0.15) is 6.54 Å². The fourth-order valence-corrected chi connectivity index (χ4v) is 3.66. The quantitative estimate of drug-likeness (QED) is 0.582. The largest absolute Gasteiger partial charge is 0.404 e. The van der Waals surface area contributed by atoms with Gasteiger partial charge in [-0.25, -0.2) is 9.97 Å². The van der Waals surface area contributed by atoms with Crippen LogP contribution in [0.5, 0.6) is 0 Å². The number of rotatable bonds is 6. The molecule has 2 N–H and O–H groups in total. The third-order valence-corrected chi connectivity index (χ3v) is 5.47. The number of aliphatic imine (C=N–C) groups is 1. The third kappa shape index (κ3) is 5.32. The molecule has 0 aliphatic carbocycles. The van der Waals surface area contributed by atoms with Crippen LogP contribution in [0, 0.1) is 0 Å². The van der Waals surface area contributed by atoms with Crippen molar-refractivity contribution in [3.63, 3.8) is 0 Å². The molecule has 9 heteroatoms. The molecular weight excluding hydrogens is 418 g/mol. The van der Waals surface area contributed by atoms with E-state index in [0.717, 1.165) is 22.3 Å². The van der Waals surface area contributed by atoms with Crippen LogP contribution < -0.4 is 5.73 Å². The molecule has 1 amide bonds. The standard InChI is InChI=1S/C24H27N7O2/c1-17-16-33-7-6-31(17)23(32)14-26-10-20(9-25)21-11-27-24(28-12-21)19-5-3-4-18(8-19)22-13-29-30(2)15-22/h3-5,8-13,15,17H,6-7,14,16,25H2,1-2H3. The summed E-state index contributed by atoms with van der Waals surface area (Å²) in [6.45, 7) is 3.73. The lowest BCUT2D eigenvalue weighted by atomic mass is 10.1. The van der Waals surface area contributed by atoms with Crippen LogP contribution in [0.2, 0.25) is 0 Å². The molecule has 3 aromatic rings. The van der Waals surface area contributed by atoms with Crippen LogP contribution in [-0.4, -0.2) is 69.1 Å². The van der Waals surface area contributed by atoms with Gasteiger partial charge in [-0.2, -0.15) is 5.10 Å². The molecule has 0 saturated carbocycles. The van der Waals surface area contributed by atoms with Crippen molar-refractivity contribution in [2.75, 3.05) is 26.3 Å². The Kier molecular flexibility index (Phi) is 6.89. The average Bonchev–Trinajstić information content (AvgIpc) is 3.28. The summed E-state index contributed by atoms with van der Waals surface area (Å²) in [5, 5.41) is 4.23. The van der Waals surface area contributed by atoms with Crippen LogP contribution in [0.25, 0.3) is 28.1 Å². The first-order chi connectivity index (χ1) is 16.0. The van der Waals surface area contributed by atoms with E-state index in [9.17, 15) is 4.79 Å². The van der Waals surface area contributed by atoms with Crippen LogP contribution in [0.1, 0.15) is 12.5 Å². The second kappa shape index (κ2) is 10.2. The molecule has 1 saturated heterocycles. The molecule has 1 aromatic carbocycles. The number of nitrogens with zero attached hydrogens (tertiary/aromatic N) is 6. The molecule has 0 radical (unpaired) electrons. The lowest BCUT2D eigenvalue weighted by Crippen LogP contribution is -2.48. The molecule has 2 aromatic heterocycles. The van der Waals surface area contributed by atoms with Gasteiger partial charge in [0, 0.05) is 66.9 Å². The van der Waals surface area contributed by atoms with Crippen molar-refractivity contribution in [2.45, 2.75) is 13.0 Å². The number of hydrogen-bond acceptors (Lipinski definition) is 7. The van der Waals surface area contributed by atoms with E-state index in [4.69, 9.17) is 10.5 Å². The number of carbonyl (C=O) groups is 1. The maximum atomic E-state index is 12.4. The molecule has 0 spiro atoms. The van der Waals surface area contributed by atoms with Crippen molar-refractivity contribution in [3.05, 3.63) is 60.8 Å². The van der Waals surface area contributed by atoms with E-state index < -0.39 is 0 Å². The van der Waals surface area contributed by atoms with Gasteiger partial charge in [0.25, 0.3) is 0 Å². The Labute approximate surface area is 192 Å². The summed E-state index contributed by atoms with van der Waals surface area (Å²) in [7, 11) is 1.89. The van der Waals surface area contributed by atoms with Gasteiger partial charge in [-0.15, -0.1) is 0 Å². The molecule has 170 valence electrons. The fourth-order valence-electron chi connectivity index (χ4n) is 3.66. The zero-order valence-corrected chi connectivity index (χ0v) is 18.8. The smallest absolute Gasteiger partial charge is 0.244 e. The van der Waals surface area contributed by atoms with E-state index in [1.165, 1.54) is 6.20 Å². The van der Waals surface area contributed by atoms with E-state index in [1.54, 1.807) is 28.2 Å². The Bertz CT molecular complexity index is 1170. The molecular formula is C24H27N7O2. The van der Waals surface area contributed by atoms with Crippen LogP contribution in [0.3, 0.4) is 0 Å². The number of morpholine rings is 1. The number of nitrogens with two attached hydrogens (primary N) is 1. The Morgan fingerprint density at radius 3 is 2.73 bits per heavy atom. The lowest BCUT2D eigenvalue weighted by molar-refractivity contribution is -0.137. The first-order valence-electron chi connectivity index (χ1n) is 10.8. The van der Waals surface area contributed by atoms with Gasteiger partial charge in [-0.3, -0.25) is 14.5 Å². The van der Waals surface area contributed by atoms with Gasteiger partial charge in [0.05, 0.1) is 25.5 Å². The van der Waals surface area contributed by atoms with Gasteiger partial charge in [0.15, 0.2) is 5.82 Å². The highest BCUT2D eigenvalue weighted by Crippen LogP contribution is 2.24. The molecule has 0 bridgehead atoms. The van der Waals surface area contributed by atoms with E-state index in [0.29, 0.717) is 31.2 Å². The van der Waals surface area contributed by atoms with Crippen LogP contribution >= 0.6 is 0 Å². The molecule has 3 heterocycles. The summed E-state index contributed by atoms with van der Waals surface area (Å²) in [6.07, 6.45) is 10.2. The molecule has 4 rings (SSSR count). The fraction of sp³-hybridized carbons (Fsp3) is 0.292. The van der Waals surface area contributed by atoms with E-state index >= 15 is 0 Å². The number of aromatic nitrogens is 4. The molecule has 33 heavy (non-hydrogen) atoms. The van der Waals surface area contributed by atoms with Gasteiger partial charge < -0.3 is 15.4 Å². The maximum absolute atomic E-state index is 12.4. The number of aryl methyl sites for hydroxylation is 1. The van der Waals surface area contributed by atoms with Crippen molar-refractivity contribution < 1.29 is 9.53 Å². The van der Waals surface area contributed by atoms with Crippen molar-refractivity contribution in [3.8, 4) is 22.5 Å². The summed E-state index contributed by atoms with van der Waals surface area (Å²) >= 11 is 0. The van der Waals surface area contributed by atoms with E-state index in [2.05, 4.69) is 20.1 Å². The van der Waals surface area contributed by atoms with Crippen molar-refractivity contribution in [2.24, 2.45) is 17.8 Å². The highest BCUT2D eigenvalue weighted by atomic mass is 16.5. The van der Waals surface area contributed by atoms with Crippen LogP contribution in [0.4, 0.5) is 0 Å². The summed E-state index contributed by atoms with van der Waals surface area (Å²) in [5.74, 6) is 0.577. The predicted octanol–water partition coefficient (Wildman–Crippen LogP) is 2.16.